The molecule has 3 aromatic carbocycles. The number of para-hydroxylation sites is 1. The molecule has 0 amide bonds. The van der Waals surface area contributed by atoms with E-state index in [0.29, 0.717) is 11.9 Å². The molecule has 4 aromatic rings. The first kappa shape index (κ1) is 19.9. The minimum absolute atomic E-state index is 0.0335. The molecule has 1 aromatic heterocycles. The van der Waals surface area contributed by atoms with Crippen LogP contribution in [-0.2, 0) is 13.0 Å². The van der Waals surface area contributed by atoms with Crippen LogP contribution in [-0.4, -0.2) is 9.55 Å². The summed E-state index contributed by atoms with van der Waals surface area (Å²) >= 11 is 0. The highest BCUT2D eigenvalue weighted by atomic mass is 16.1. The first-order valence-corrected chi connectivity index (χ1v) is 10.5. The lowest BCUT2D eigenvalue weighted by Gasteiger charge is -2.14. The minimum Gasteiger partial charge on any atom is -0.398 e. The van der Waals surface area contributed by atoms with E-state index in [1.54, 1.807) is 0 Å². The summed E-state index contributed by atoms with van der Waals surface area (Å²) < 4.78 is 1.84. The summed E-state index contributed by atoms with van der Waals surface area (Å²) in [4.78, 5) is 18.1. The number of benzene rings is 3. The van der Waals surface area contributed by atoms with Crippen LogP contribution in [0.2, 0.25) is 0 Å². The van der Waals surface area contributed by atoms with Crippen LogP contribution in [0.4, 0.5) is 5.69 Å². The molecule has 0 aliphatic heterocycles. The highest BCUT2D eigenvalue weighted by molar-refractivity contribution is 5.78. The van der Waals surface area contributed by atoms with Gasteiger partial charge >= 0.3 is 0 Å². The number of nitrogens with two attached hydrogens (primary N) is 1. The van der Waals surface area contributed by atoms with Crippen LogP contribution >= 0.6 is 0 Å². The Morgan fingerprint density at radius 2 is 1.77 bits per heavy atom. The highest BCUT2D eigenvalue weighted by Crippen LogP contribution is 2.25. The van der Waals surface area contributed by atoms with Gasteiger partial charge in [-0.1, -0.05) is 67.4 Å². The third kappa shape index (κ3) is 3.99. The van der Waals surface area contributed by atoms with Crippen molar-refractivity contribution < 1.29 is 0 Å². The zero-order chi connectivity index (χ0) is 21.1. The van der Waals surface area contributed by atoms with Crippen molar-refractivity contribution >= 4 is 16.6 Å². The number of hydrogen-bond acceptors (Lipinski definition) is 3. The van der Waals surface area contributed by atoms with Gasteiger partial charge < -0.3 is 5.73 Å². The van der Waals surface area contributed by atoms with Crippen molar-refractivity contribution in [2.45, 2.75) is 39.7 Å². The second-order valence-electron chi connectivity index (χ2n) is 7.83. The van der Waals surface area contributed by atoms with Crippen LogP contribution in [0, 0.1) is 6.92 Å². The Morgan fingerprint density at radius 1 is 1.00 bits per heavy atom. The summed E-state index contributed by atoms with van der Waals surface area (Å²) in [6, 6.07) is 22.0. The largest absolute Gasteiger partial charge is 0.398 e. The lowest BCUT2D eigenvalue weighted by atomic mass is 10.0. The molecule has 0 spiro atoms. The van der Waals surface area contributed by atoms with E-state index < -0.39 is 0 Å². The van der Waals surface area contributed by atoms with Gasteiger partial charge in [0.2, 0.25) is 0 Å². The SMILES string of the molecule is CCCCc1nc2ccc(C)cc2c(=O)n1Cc1ccc(-c2ccccc2N)cc1. The van der Waals surface area contributed by atoms with Crippen molar-refractivity contribution in [1.29, 1.82) is 0 Å². The summed E-state index contributed by atoms with van der Waals surface area (Å²) in [6.45, 7) is 4.67. The van der Waals surface area contributed by atoms with Crippen molar-refractivity contribution in [1.82, 2.24) is 9.55 Å². The summed E-state index contributed by atoms with van der Waals surface area (Å²) in [5.41, 5.74) is 11.9. The lowest BCUT2D eigenvalue weighted by Crippen LogP contribution is -2.26. The number of rotatable bonds is 6. The molecule has 4 heteroatoms. The van der Waals surface area contributed by atoms with Crippen molar-refractivity contribution in [3.05, 3.63) is 94.0 Å². The number of aromatic nitrogens is 2. The predicted molar refractivity (Wildman–Crippen MR) is 125 cm³/mol. The maximum absolute atomic E-state index is 13.3. The normalized spacial score (nSPS) is 11.1. The topological polar surface area (TPSA) is 60.9 Å². The van der Waals surface area contributed by atoms with Crippen LogP contribution in [0.1, 0.15) is 36.7 Å². The maximum atomic E-state index is 13.3. The van der Waals surface area contributed by atoms with Crippen LogP contribution in [0.5, 0.6) is 0 Å². The van der Waals surface area contributed by atoms with Crippen molar-refractivity contribution in [2.24, 2.45) is 0 Å². The smallest absolute Gasteiger partial charge is 0.261 e. The third-order valence-electron chi connectivity index (χ3n) is 5.51. The van der Waals surface area contributed by atoms with Gasteiger partial charge in [0.15, 0.2) is 0 Å². The Labute approximate surface area is 177 Å². The molecule has 4 rings (SSSR count). The maximum Gasteiger partial charge on any atom is 0.261 e. The Bertz CT molecular complexity index is 1240. The average Bonchev–Trinajstić information content (AvgIpc) is 2.76. The second-order valence-corrected chi connectivity index (χ2v) is 7.83. The molecule has 0 fully saturated rings. The first-order chi connectivity index (χ1) is 14.6. The highest BCUT2D eigenvalue weighted by Gasteiger charge is 2.12. The van der Waals surface area contributed by atoms with E-state index in [4.69, 9.17) is 10.7 Å². The zero-order valence-corrected chi connectivity index (χ0v) is 17.6. The van der Waals surface area contributed by atoms with Gasteiger partial charge in [0, 0.05) is 17.7 Å². The standard InChI is InChI=1S/C26H27N3O/c1-3-4-9-25-28-24-15-10-18(2)16-22(24)26(30)29(25)17-19-11-13-20(14-12-19)21-7-5-6-8-23(21)27/h5-8,10-16H,3-4,9,17,27H2,1-2H3. The molecular formula is C26H27N3O. The molecule has 0 unspecified atom stereocenters. The molecule has 0 saturated heterocycles. The molecule has 0 aliphatic carbocycles. The number of nitrogen functional groups attached to an aromatic ring is 1. The Balaban J connectivity index is 1.72. The Kier molecular flexibility index (Phi) is 5.66. The molecule has 0 radical (unpaired) electrons. The van der Waals surface area contributed by atoms with Gasteiger partial charge in [-0.2, -0.15) is 0 Å². The fourth-order valence-corrected chi connectivity index (χ4v) is 3.80. The van der Waals surface area contributed by atoms with Gasteiger partial charge in [0.25, 0.3) is 5.56 Å². The fourth-order valence-electron chi connectivity index (χ4n) is 3.80. The van der Waals surface area contributed by atoms with Crippen molar-refractivity contribution in [3.8, 4) is 11.1 Å². The van der Waals surface area contributed by atoms with Gasteiger partial charge in [0.05, 0.1) is 17.4 Å². The van der Waals surface area contributed by atoms with Gasteiger partial charge in [-0.05, 0) is 42.7 Å². The van der Waals surface area contributed by atoms with E-state index in [-0.39, 0.29) is 5.56 Å². The fraction of sp³-hybridized carbons (Fsp3) is 0.231. The van der Waals surface area contributed by atoms with Gasteiger partial charge in [0.1, 0.15) is 5.82 Å². The lowest BCUT2D eigenvalue weighted by molar-refractivity contribution is 0.646. The van der Waals surface area contributed by atoms with Gasteiger partial charge in [-0.3, -0.25) is 9.36 Å². The van der Waals surface area contributed by atoms with E-state index in [1.807, 2.05) is 54.0 Å². The van der Waals surface area contributed by atoms with Crippen LogP contribution in [0.3, 0.4) is 0 Å². The molecule has 4 nitrogen and oxygen atoms in total. The molecular weight excluding hydrogens is 370 g/mol. The molecule has 0 atom stereocenters. The van der Waals surface area contributed by atoms with Crippen LogP contribution < -0.4 is 11.3 Å². The Hall–Kier alpha value is -3.40. The number of nitrogens with zero attached hydrogens (tertiary/aromatic N) is 2. The summed E-state index contributed by atoms with van der Waals surface area (Å²) in [7, 11) is 0. The van der Waals surface area contributed by atoms with Gasteiger partial charge in [-0.15, -0.1) is 0 Å². The molecule has 30 heavy (non-hydrogen) atoms. The summed E-state index contributed by atoms with van der Waals surface area (Å²) in [6.07, 6.45) is 2.87. The molecule has 1 heterocycles. The van der Waals surface area contributed by atoms with E-state index in [2.05, 4.69) is 31.2 Å². The number of aryl methyl sites for hydroxylation is 2. The first-order valence-electron chi connectivity index (χ1n) is 10.5. The summed E-state index contributed by atoms with van der Waals surface area (Å²) in [5, 5.41) is 0.684. The number of unbranched alkanes of at least 4 members (excludes halogenated alkanes) is 1. The van der Waals surface area contributed by atoms with Crippen molar-refractivity contribution in [2.75, 3.05) is 5.73 Å². The molecule has 0 aliphatic rings. The quantitative estimate of drug-likeness (QED) is 0.446. The third-order valence-corrected chi connectivity index (χ3v) is 5.51. The van der Waals surface area contributed by atoms with Crippen molar-refractivity contribution in [3.63, 3.8) is 0 Å². The molecule has 2 N–H and O–H groups in total. The van der Waals surface area contributed by atoms with E-state index in [1.165, 1.54) is 0 Å². The molecule has 0 saturated carbocycles. The van der Waals surface area contributed by atoms with Crippen LogP contribution in [0.15, 0.2) is 71.5 Å². The predicted octanol–water partition coefficient (Wildman–Crippen LogP) is 5.35. The van der Waals surface area contributed by atoms with E-state index in [0.717, 1.165) is 58.5 Å². The van der Waals surface area contributed by atoms with E-state index >= 15 is 0 Å². The second kappa shape index (κ2) is 8.54. The number of hydrogen-bond donors (Lipinski definition) is 1. The minimum atomic E-state index is 0.0335. The average molecular weight is 398 g/mol. The van der Waals surface area contributed by atoms with Crippen LogP contribution in [0.25, 0.3) is 22.0 Å². The van der Waals surface area contributed by atoms with E-state index in [9.17, 15) is 4.79 Å². The summed E-state index contributed by atoms with van der Waals surface area (Å²) in [5.74, 6) is 0.856. The van der Waals surface area contributed by atoms with Gasteiger partial charge in [-0.25, -0.2) is 4.98 Å². The number of fused-ring (bicyclic) bond motifs is 1. The molecule has 0 bridgehead atoms. The Morgan fingerprint density at radius 3 is 2.50 bits per heavy atom. The molecule has 152 valence electrons. The monoisotopic (exact) mass is 397 g/mol. The zero-order valence-electron chi connectivity index (χ0n) is 17.6. The number of anilines is 1.